The Balaban J connectivity index is 1.70. The fourth-order valence-electron chi connectivity index (χ4n) is 3.67. The SMILES string of the molecule is COc1cccc(NC(=O)CSc2nc(=O)n(CCCN(C)C)c3c2CCCC3)c1. The van der Waals surface area contributed by atoms with Crippen LogP contribution in [-0.4, -0.2) is 53.9 Å². The molecule has 0 unspecified atom stereocenters. The minimum Gasteiger partial charge on any atom is -0.497 e. The lowest BCUT2D eigenvalue weighted by Crippen LogP contribution is -2.31. The Morgan fingerprint density at radius 1 is 1.30 bits per heavy atom. The molecule has 0 atom stereocenters. The molecule has 1 amide bonds. The van der Waals surface area contributed by atoms with E-state index in [9.17, 15) is 9.59 Å². The van der Waals surface area contributed by atoms with E-state index in [2.05, 4.69) is 15.2 Å². The highest BCUT2D eigenvalue weighted by Crippen LogP contribution is 2.28. The Bertz CT molecular complexity index is 942. The smallest absolute Gasteiger partial charge is 0.348 e. The first-order valence-electron chi connectivity index (χ1n) is 10.3. The Hall–Kier alpha value is -2.32. The predicted molar refractivity (Wildman–Crippen MR) is 121 cm³/mol. The number of amides is 1. The average Bonchev–Trinajstić information content (AvgIpc) is 2.74. The largest absolute Gasteiger partial charge is 0.497 e. The standard InChI is InChI=1S/C22H30N4O3S/c1-25(2)12-7-13-26-19-11-5-4-10-18(19)21(24-22(26)28)30-15-20(27)23-16-8-6-9-17(14-16)29-3/h6,8-9,14H,4-5,7,10-13,15H2,1-3H3,(H,23,27). The van der Waals surface area contributed by atoms with E-state index < -0.39 is 0 Å². The van der Waals surface area contributed by atoms with E-state index in [1.54, 1.807) is 13.2 Å². The number of nitrogens with one attached hydrogen (secondary N) is 1. The first-order valence-corrected chi connectivity index (χ1v) is 11.3. The van der Waals surface area contributed by atoms with Gasteiger partial charge in [-0.25, -0.2) is 4.79 Å². The minimum absolute atomic E-state index is 0.130. The Morgan fingerprint density at radius 2 is 2.10 bits per heavy atom. The van der Waals surface area contributed by atoms with Crippen molar-refractivity contribution in [2.45, 2.75) is 43.7 Å². The van der Waals surface area contributed by atoms with Crippen LogP contribution in [-0.2, 0) is 24.2 Å². The second-order valence-electron chi connectivity index (χ2n) is 7.71. The number of fused-ring (bicyclic) bond motifs is 1. The second-order valence-corrected chi connectivity index (χ2v) is 8.67. The maximum atomic E-state index is 12.7. The van der Waals surface area contributed by atoms with Crippen LogP contribution in [0.2, 0.25) is 0 Å². The van der Waals surface area contributed by atoms with Gasteiger partial charge in [0, 0.05) is 29.6 Å². The molecular weight excluding hydrogens is 400 g/mol. The maximum Gasteiger partial charge on any atom is 0.348 e. The van der Waals surface area contributed by atoms with Gasteiger partial charge in [-0.3, -0.25) is 9.36 Å². The van der Waals surface area contributed by atoms with E-state index in [1.165, 1.54) is 11.8 Å². The number of benzene rings is 1. The minimum atomic E-state index is -0.204. The third-order valence-corrected chi connectivity index (χ3v) is 6.15. The van der Waals surface area contributed by atoms with Crippen molar-refractivity contribution in [2.24, 2.45) is 0 Å². The molecule has 1 aliphatic carbocycles. The molecule has 1 N–H and O–H groups in total. The number of carbonyl (C=O) groups is 1. The van der Waals surface area contributed by atoms with Gasteiger partial charge in [0.2, 0.25) is 5.91 Å². The van der Waals surface area contributed by atoms with Crippen molar-refractivity contribution in [3.8, 4) is 5.75 Å². The zero-order chi connectivity index (χ0) is 21.5. The lowest BCUT2D eigenvalue weighted by atomic mass is 9.97. The van der Waals surface area contributed by atoms with E-state index in [0.29, 0.717) is 23.0 Å². The lowest BCUT2D eigenvalue weighted by molar-refractivity contribution is -0.113. The molecule has 0 aliphatic heterocycles. The Kier molecular flexibility index (Phi) is 7.93. The highest BCUT2D eigenvalue weighted by molar-refractivity contribution is 8.00. The molecule has 1 aliphatic rings. The van der Waals surface area contributed by atoms with E-state index in [1.807, 2.05) is 36.9 Å². The van der Waals surface area contributed by atoms with Gasteiger partial charge in [-0.15, -0.1) is 0 Å². The molecule has 0 bridgehead atoms. The molecule has 0 saturated heterocycles. The van der Waals surface area contributed by atoms with Gasteiger partial charge in [0.1, 0.15) is 10.8 Å². The summed E-state index contributed by atoms with van der Waals surface area (Å²) in [7, 11) is 5.66. The molecule has 8 heteroatoms. The molecule has 3 rings (SSSR count). The highest BCUT2D eigenvalue weighted by atomic mass is 32.2. The summed E-state index contributed by atoms with van der Waals surface area (Å²) in [5.74, 6) is 0.768. The third kappa shape index (κ3) is 5.86. The van der Waals surface area contributed by atoms with Gasteiger partial charge in [0.05, 0.1) is 12.9 Å². The fourth-order valence-corrected chi connectivity index (χ4v) is 4.55. The van der Waals surface area contributed by atoms with E-state index in [0.717, 1.165) is 49.9 Å². The molecule has 2 aromatic rings. The number of nitrogens with zero attached hydrogens (tertiary/aromatic N) is 3. The van der Waals surface area contributed by atoms with Crippen LogP contribution < -0.4 is 15.7 Å². The molecule has 1 aromatic carbocycles. The molecular formula is C22H30N4O3S. The van der Waals surface area contributed by atoms with Gasteiger partial charge in [-0.2, -0.15) is 4.98 Å². The molecule has 0 fully saturated rings. The summed E-state index contributed by atoms with van der Waals surface area (Å²) in [6, 6.07) is 7.25. The van der Waals surface area contributed by atoms with E-state index in [-0.39, 0.29) is 17.3 Å². The van der Waals surface area contributed by atoms with Crippen LogP contribution in [0.25, 0.3) is 0 Å². The molecule has 0 radical (unpaired) electrons. The van der Waals surface area contributed by atoms with Crippen molar-refractivity contribution < 1.29 is 9.53 Å². The predicted octanol–water partition coefficient (Wildman–Crippen LogP) is 2.81. The van der Waals surface area contributed by atoms with E-state index >= 15 is 0 Å². The maximum absolute atomic E-state index is 12.7. The van der Waals surface area contributed by atoms with Crippen molar-refractivity contribution in [1.82, 2.24) is 14.5 Å². The summed E-state index contributed by atoms with van der Waals surface area (Å²) in [4.78, 5) is 31.6. The lowest BCUT2D eigenvalue weighted by Gasteiger charge is -2.23. The number of hydrogen-bond donors (Lipinski definition) is 1. The topological polar surface area (TPSA) is 76.5 Å². The number of thioether (sulfide) groups is 1. The first-order chi connectivity index (χ1) is 14.5. The molecule has 0 saturated carbocycles. The van der Waals surface area contributed by atoms with Crippen LogP contribution in [0.1, 0.15) is 30.5 Å². The summed E-state index contributed by atoms with van der Waals surface area (Å²) in [6.45, 7) is 1.62. The summed E-state index contributed by atoms with van der Waals surface area (Å²) >= 11 is 1.35. The number of hydrogen-bond acceptors (Lipinski definition) is 6. The summed E-state index contributed by atoms with van der Waals surface area (Å²) in [6.07, 6.45) is 4.91. The Labute approximate surface area is 181 Å². The van der Waals surface area contributed by atoms with Crippen molar-refractivity contribution in [3.05, 3.63) is 46.0 Å². The van der Waals surface area contributed by atoms with Gasteiger partial charge < -0.3 is 15.0 Å². The number of carbonyl (C=O) groups excluding carboxylic acids is 1. The summed E-state index contributed by atoms with van der Waals surface area (Å²) in [5.41, 5.74) is 2.73. The van der Waals surface area contributed by atoms with E-state index in [4.69, 9.17) is 4.74 Å². The highest BCUT2D eigenvalue weighted by Gasteiger charge is 2.21. The number of aromatic nitrogens is 2. The van der Waals surface area contributed by atoms with Gasteiger partial charge in [-0.1, -0.05) is 17.8 Å². The third-order valence-electron chi connectivity index (χ3n) is 5.13. The van der Waals surface area contributed by atoms with Gasteiger partial charge >= 0.3 is 5.69 Å². The van der Waals surface area contributed by atoms with Crippen molar-refractivity contribution >= 4 is 23.4 Å². The van der Waals surface area contributed by atoms with Crippen LogP contribution >= 0.6 is 11.8 Å². The first kappa shape index (κ1) is 22.4. The van der Waals surface area contributed by atoms with Crippen molar-refractivity contribution in [1.29, 1.82) is 0 Å². The fraction of sp³-hybridized carbons (Fsp3) is 0.500. The normalized spacial score (nSPS) is 13.2. The number of ether oxygens (including phenoxy) is 1. The van der Waals surface area contributed by atoms with Gasteiger partial charge in [0.25, 0.3) is 0 Å². The quantitative estimate of drug-likeness (QED) is 0.487. The van der Waals surface area contributed by atoms with Crippen LogP contribution in [0.4, 0.5) is 5.69 Å². The molecule has 162 valence electrons. The summed E-state index contributed by atoms with van der Waals surface area (Å²) < 4.78 is 7.03. The van der Waals surface area contributed by atoms with Gasteiger partial charge in [0.15, 0.2) is 0 Å². The zero-order valence-corrected chi connectivity index (χ0v) is 18.8. The molecule has 30 heavy (non-hydrogen) atoms. The van der Waals surface area contributed by atoms with Crippen molar-refractivity contribution in [3.63, 3.8) is 0 Å². The molecule has 0 spiro atoms. The van der Waals surface area contributed by atoms with Gasteiger partial charge in [-0.05, 0) is 64.9 Å². The molecule has 1 aromatic heterocycles. The number of rotatable bonds is 9. The summed E-state index contributed by atoms with van der Waals surface area (Å²) in [5, 5.41) is 3.58. The number of anilines is 1. The average molecular weight is 431 g/mol. The Morgan fingerprint density at radius 3 is 2.87 bits per heavy atom. The van der Waals surface area contributed by atoms with Crippen LogP contribution in [0, 0.1) is 0 Å². The molecule has 7 nitrogen and oxygen atoms in total. The van der Waals surface area contributed by atoms with Crippen LogP contribution in [0.15, 0.2) is 34.1 Å². The van der Waals surface area contributed by atoms with Crippen LogP contribution in [0.3, 0.4) is 0 Å². The molecule has 1 heterocycles. The second kappa shape index (κ2) is 10.6. The monoisotopic (exact) mass is 430 g/mol. The van der Waals surface area contributed by atoms with Crippen LogP contribution in [0.5, 0.6) is 5.75 Å². The van der Waals surface area contributed by atoms with Crippen molar-refractivity contribution in [2.75, 3.05) is 38.8 Å². The number of methoxy groups -OCH3 is 1. The zero-order valence-electron chi connectivity index (χ0n) is 17.9.